The minimum atomic E-state index is -0.332. The highest BCUT2D eigenvalue weighted by Crippen LogP contribution is 2.25. The molecule has 0 unspecified atom stereocenters. The molecule has 0 radical (unpaired) electrons. The van der Waals surface area contributed by atoms with Crippen LogP contribution < -0.4 is 10.1 Å². The molecule has 1 N–H and O–H groups in total. The van der Waals surface area contributed by atoms with Crippen molar-refractivity contribution >= 4 is 29.2 Å². The number of anilines is 1. The van der Waals surface area contributed by atoms with Crippen molar-refractivity contribution in [2.24, 2.45) is 0 Å². The highest BCUT2D eigenvalue weighted by molar-refractivity contribution is 6.30. The first-order valence-corrected chi connectivity index (χ1v) is 12.4. The molecule has 0 spiro atoms. The Morgan fingerprint density at radius 2 is 1.68 bits per heavy atom. The molecule has 8 heteroatoms. The van der Waals surface area contributed by atoms with Crippen LogP contribution in [0.5, 0.6) is 5.75 Å². The van der Waals surface area contributed by atoms with Crippen molar-refractivity contribution in [1.29, 1.82) is 0 Å². The van der Waals surface area contributed by atoms with Crippen molar-refractivity contribution in [3.63, 3.8) is 0 Å². The molecule has 0 atom stereocenters. The van der Waals surface area contributed by atoms with Crippen LogP contribution in [0.25, 0.3) is 16.9 Å². The summed E-state index contributed by atoms with van der Waals surface area (Å²) in [6.07, 6.45) is 0. The Kier molecular flexibility index (Phi) is 8.25. The Morgan fingerprint density at radius 3 is 2.32 bits per heavy atom. The smallest absolute Gasteiger partial charge is 0.261 e. The van der Waals surface area contributed by atoms with E-state index in [9.17, 15) is 9.59 Å². The summed E-state index contributed by atoms with van der Waals surface area (Å²) < 4.78 is 7.30. The van der Waals surface area contributed by atoms with E-state index in [0.29, 0.717) is 16.6 Å². The SMILES string of the molecule is Cc1ccc(-n2nc(-c3ccccc3)cc2NC(=O)CN(C(=O)COc2ccc(Cl)cc2)C(C)C)cc1. The summed E-state index contributed by atoms with van der Waals surface area (Å²) in [5, 5.41) is 8.27. The molecule has 1 aromatic heterocycles. The quantitative estimate of drug-likeness (QED) is 0.307. The maximum absolute atomic E-state index is 13.1. The molecule has 0 saturated carbocycles. The topological polar surface area (TPSA) is 76.5 Å². The van der Waals surface area contributed by atoms with Crippen LogP contribution in [-0.4, -0.2) is 45.7 Å². The average molecular weight is 517 g/mol. The van der Waals surface area contributed by atoms with Gasteiger partial charge in [0.1, 0.15) is 18.1 Å². The van der Waals surface area contributed by atoms with Gasteiger partial charge in [-0.25, -0.2) is 4.68 Å². The number of carbonyl (C=O) groups is 2. The predicted octanol–water partition coefficient (Wildman–Crippen LogP) is 5.76. The molecule has 0 fully saturated rings. The van der Waals surface area contributed by atoms with E-state index in [-0.39, 0.29) is 31.0 Å². The highest BCUT2D eigenvalue weighted by atomic mass is 35.5. The number of nitrogens with one attached hydrogen (secondary N) is 1. The maximum atomic E-state index is 13.1. The fraction of sp³-hybridized carbons (Fsp3) is 0.207. The number of benzene rings is 3. The Morgan fingerprint density at radius 1 is 1.00 bits per heavy atom. The van der Waals surface area contributed by atoms with E-state index in [2.05, 4.69) is 5.32 Å². The summed E-state index contributed by atoms with van der Waals surface area (Å²) in [6, 6.07) is 26.0. The number of nitrogens with zero attached hydrogens (tertiary/aromatic N) is 3. The number of hydrogen-bond donors (Lipinski definition) is 1. The van der Waals surface area contributed by atoms with Crippen molar-refractivity contribution in [2.45, 2.75) is 26.8 Å². The van der Waals surface area contributed by atoms with Crippen LogP contribution in [-0.2, 0) is 9.59 Å². The minimum absolute atomic E-state index is 0.125. The van der Waals surface area contributed by atoms with E-state index in [0.717, 1.165) is 22.5 Å². The second kappa shape index (κ2) is 11.8. The maximum Gasteiger partial charge on any atom is 0.261 e. The molecule has 190 valence electrons. The van der Waals surface area contributed by atoms with Gasteiger partial charge < -0.3 is 15.0 Å². The number of hydrogen-bond acceptors (Lipinski definition) is 4. The Balaban J connectivity index is 1.50. The van der Waals surface area contributed by atoms with E-state index in [1.165, 1.54) is 4.90 Å². The van der Waals surface area contributed by atoms with Gasteiger partial charge in [0.15, 0.2) is 6.61 Å². The second-order valence-electron chi connectivity index (χ2n) is 8.93. The van der Waals surface area contributed by atoms with Crippen LogP contribution >= 0.6 is 11.6 Å². The lowest BCUT2D eigenvalue weighted by molar-refractivity contribution is -0.138. The summed E-state index contributed by atoms with van der Waals surface area (Å²) in [7, 11) is 0. The first kappa shape index (κ1) is 26.0. The number of aromatic nitrogens is 2. The zero-order chi connectivity index (χ0) is 26.4. The molecule has 4 aromatic rings. The molecule has 0 aliphatic rings. The normalized spacial score (nSPS) is 10.8. The molecule has 0 saturated heterocycles. The molecule has 37 heavy (non-hydrogen) atoms. The zero-order valence-electron chi connectivity index (χ0n) is 21.0. The van der Waals surface area contributed by atoms with Crippen molar-refractivity contribution < 1.29 is 14.3 Å². The minimum Gasteiger partial charge on any atom is -0.484 e. The Bertz CT molecular complexity index is 1350. The van der Waals surface area contributed by atoms with Crippen LogP contribution in [0.4, 0.5) is 5.82 Å². The standard InChI is InChI=1S/C29H29ClN4O3/c1-20(2)33(29(36)19-37-25-15-11-23(30)12-16-25)18-28(35)31-27-17-26(22-7-5-4-6-8-22)32-34(27)24-13-9-21(3)10-14-24/h4-17,20H,18-19H2,1-3H3,(H,31,35). The molecule has 7 nitrogen and oxygen atoms in total. The third-order valence-electron chi connectivity index (χ3n) is 5.76. The van der Waals surface area contributed by atoms with E-state index in [1.54, 1.807) is 28.9 Å². The third kappa shape index (κ3) is 6.77. The fourth-order valence-corrected chi connectivity index (χ4v) is 3.88. The average Bonchev–Trinajstić information content (AvgIpc) is 3.31. The van der Waals surface area contributed by atoms with E-state index < -0.39 is 0 Å². The number of halogens is 1. The monoisotopic (exact) mass is 516 g/mol. The largest absolute Gasteiger partial charge is 0.484 e. The van der Waals surface area contributed by atoms with Crippen LogP contribution in [0, 0.1) is 6.92 Å². The van der Waals surface area contributed by atoms with Crippen LogP contribution in [0.2, 0.25) is 5.02 Å². The third-order valence-corrected chi connectivity index (χ3v) is 6.01. The van der Waals surface area contributed by atoms with E-state index >= 15 is 0 Å². The number of ether oxygens (including phenoxy) is 1. The predicted molar refractivity (Wildman–Crippen MR) is 146 cm³/mol. The lowest BCUT2D eigenvalue weighted by Crippen LogP contribution is -2.44. The van der Waals surface area contributed by atoms with Gasteiger partial charge in [-0.1, -0.05) is 59.6 Å². The molecule has 3 aromatic carbocycles. The van der Waals surface area contributed by atoms with Gasteiger partial charge in [0.2, 0.25) is 5.91 Å². The van der Waals surface area contributed by atoms with Crippen molar-refractivity contribution in [2.75, 3.05) is 18.5 Å². The van der Waals surface area contributed by atoms with Gasteiger partial charge in [-0.3, -0.25) is 9.59 Å². The Labute approximate surface area is 221 Å². The lowest BCUT2D eigenvalue weighted by atomic mass is 10.1. The molecule has 2 amide bonds. The number of aryl methyl sites for hydroxylation is 1. The van der Waals surface area contributed by atoms with E-state index in [1.807, 2.05) is 81.4 Å². The van der Waals surface area contributed by atoms with Gasteiger partial charge in [0, 0.05) is 22.7 Å². The van der Waals surface area contributed by atoms with Gasteiger partial charge >= 0.3 is 0 Å². The fourth-order valence-electron chi connectivity index (χ4n) is 3.76. The van der Waals surface area contributed by atoms with Crippen molar-refractivity contribution in [3.05, 3.63) is 95.5 Å². The summed E-state index contributed by atoms with van der Waals surface area (Å²) in [4.78, 5) is 27.5. The summed E-state index contributed by atoms with van der Waals surface area (Å²) in [5.74, 6) is 0.418. The number of carbonyl (C=O) groups excluding carboxylic acids is 2. The van der Waals surface area contributed by atoms with Gasteiger partial charge in [-0.15, -0.1) is 0 Å². The molecule has 0 aliphatic carbocycles. The van der Waals surface area contributed by atoms with Gasteiger partial charge in [-0.2, -0.15) is 5.10 Å². The molecular formula is C29H29ClN4O3. The van der Waals surface area contributed by atoms with Crippen LogP contribution in [0.3, 0.4) is 0 Å². The molecule has 4 rings (SSSR count). The van der Waals surface area contributed by atoms with E-state index in [4.69, 9.17) is 21.4 Å². The molecule has 0 aliphatic heterocycles. The molecular weight excluding hydrogens is 488 g/mol. The first-order valence-electron chi connectivity index (χ1n) is 12.0. The number of rotatable bonds is 9. The zero-order valence-corrected chi connectivity index (χ0v) is 21.8. The first-order chi connectivity index (χ1) is 17.8. The van der Waals surface area contributed by atoms with Crippen molar-refractivity contribution in [1.82, 2.24) is 14.7 Å². The second-order valence-corrected chi connectivity index (χ2v) is 9.37. The molecule has 0 bridgehead atoms. The Hall–Kier alpha value is -4.10. The highest BCUT2D eigenvalue weighted by Gasteiger charge is 2.22. The molecule has 1 heterocycles. The van der Waals surface area contributed by atoms with Gasteiger partial charge in [0.05, 0.1) is 11.4 Å². The number of amides is 2. The lowest BCUT2D eigenvalue weighted by Gasteiger charge is -2.26. The van der Waals surface area contributed by atoms with Crippen LogP contribution in [0.1, 0.15) is 19.4 Å². The van der Waals surface area contributed by atoms with Crippen molar-refractivity contribution in [3.8, 4) is 22.7 Å². The summed E-state index contributed by atoms with van der Waals surface area (Å²) in [5.41, 5.74) is 3.60. The van der Waals surface area contributed by atoms with Crippen LogP contribution in [0.15, 0.2) is 84.9 Å². The van der Waals surface area contributed by atoms with Gasteiger partial charge in [0.25, 0.3) is 5.91 Å². The van der Waals surface area contributed by atoms with Gasteiger partial charge in [-0.05, 0) is 57.2 Å². The summed E-state index contributed by atoms with van der Waals surface area (Å²) in [6.45, 7) is 5.42. The summed E-state index contributed by atoms with van der Waals surface area (Å²) >= 11 is 5.90.